The normalized spacial score (nSPS) is 18.3. The van der Waals surface area contributed by atoms with Crippen molar-refractivity contribution in [2.24, 2.45) is 0 Å². The van der Waals surface area contributed by atoms with Gasteiger partial charge in [0.1, 0.15) is 6.67 Å². The summed E-state index contributed by atoms with van der Waals surface area (Å²) in [6.07, 6.45) is 6.83. The van der Waals surface area contributed by atoms with Gasteiger partial charge in [-0.2, -0.15) is 0 Å². The second-order valence-corrected chi connectivity index (χ2v) is 2.86. The topological polar surface area (TPSA) is 0 Å². The molecule has 0 radical (unpaired) electrons. The molecule has 0 spiro atoms. The number of allylic oxidation sites excluding steroid dienone is 6. The van der Waals surface area contributed by atoms with Gasteiger partial charge < -0.3 is 0 Å². The van der Waals surface area contributed by atoms with Gasteiger partial charge in [0.05, 0.1) is 0 Å². The van der Waals surface area contributed by atoms with E-state index in [1.165, 1.54) is 11.1 Å². The van der Waals surface area contributed by atoms with E-state index in [4.69, 9.17) is 0 Å². The number of rotatable bonds is 1. The fourth-order valence-corrected chi connectivity index (χ4v) is 1.09. The third-order valence-corrected chi connectivity index (χ3v) is 1.98. The minimum atomic E-state index is -0.349. The predicted molar refractivity (Wildman–Crippen MR) is 46.2 cm³/mol. The Morgan fingerprint density at radius 1 is 1.27 bits per heavy atom. The molecule has 0 unspecified atom stereocenters. The van der Waals surface area contributed by atoms with Crippen molar-refractivity contribution in [2.45, 2.75) is 20.3 Å². The monoisotopic (exact) mass is 152 g/mol. The summed E-state index contributed by atoms with van der Waals surface area (Å²) in [6, 6.07) is 0. The third kappa shape index (κ3) is 2.04. The molecule has 0 saturated carbocycles. The first-order chi connectivity index (χ1) is 5.24. The van der Waals surface area contributed by atoms with E-state index in [1.807, 2.05) is 19.1 Å². The van der Waals surface area contributed by atoms with Gasteiger partial charge in [-0.25, -0.2) is 4.39 Å². The summed E-state index contributed by atoms with van der Waals surface area (Å²) in [5.41, 5.74) is 3.23. The molecule has 0 aromatic rings. The van der Waals surface area contributed by atoms with E-state index in [-0.39, 0.29) is 6.67 Å². The first kappa shape index (κ1) is 8.25. The lowest BCUT2D eigenvalue weighted by molar-refractivity contribution is 0.548. The van der Waals surface area contributed by atoms with Crippen LogP contribution in [0.25, 0.3) is 0 Å². The molecule has 0 bridgehead atoms. The standard InChI is InChI=1S/C10H13F/c1-8-4-3-5-10(7-11)6-9(8)2/h4-6H,3,7H2,1-2H3. The highest BCUT2D eigenvalue weighted by atomic mass is 19.1. The summed E-state index contributed by atoms with van der Waals surface area (Å²) in [7, 11) is 0. The van der Waals surface area contributed by atoms with E-state index in [1.54, 1.807) is 0 Å². The van der Waals surface area contributed by atoms with Crippen LogP contribution in [0.1, 0.15) is 20.3 Å². The Morgan fingerprint density at radius 3 is 2.64 bits per heavy atom. The van der Waals surface area contributed by atoms with Crippen LogP contribution in [0, 0.1) is 0 Å². The molecule has 1 aliphatic rings. The third-order valence-electron chi connectivity index (χ3n) is 1.98. The van der Waals surface area contributed by atoms with E-state index in [2.05, 4.69) is 13.0 Å². The molecule has 0 aliphatic heterocycles. The molecule has 0 fully saturated rings. The van der Waals surface area contributed by atoms with Gasteiger partial charge in [-0.1, -0.05) is 23.8 Å². The van der Waals surface area contributed by atoms with E-state index >= 15 is 0 Å². The van der Waals surface area contributed by atoms with Gasteiger partial charge in [-0.15, -0.1) is 0 Å². The van der Waals surface area contributed by atoms with Crippen LogP contribution in [0.4, 0.5) is 4.39 Å². The molecule has 0 saturated heterocycles. The van der Waals surface area contributed by atoms with Crippen molar-refractivity contribution in [2.75, 3.05) is 6.67 Å². The van der Waals surface area contributed by atoms with Gasteiger partial charge in [-0.05, 0) is 31.4 Å². The largest absolute Gasteiger partial charge is 0.246 e. The highest BCUT2D eigenvalue weighted by molar-refractivity contribution is 5.38. The summed E-state index contributed by atoms with van der Waals surface area (Å²) in [4.78, 5) is 0. The molecule has 0 atom stereocenters. The van der Waals surface area contributed by atoms with E-state index < -0.39 is 0 Å². The van der Waals surface area contributed by atoms with Crippen LogP contribution in [0.3, 0.4) is 0 Å². The average Bonchev–Trinajstić information content (AvgIpc) is 2.15. The van der Waals surface area contributed by atoms with Crippen molar-refractivity contribution in [3.63, 3.8) is 0 Å². The number of alkyl halides is 1. The fourth-order valence-electron chi connectivity index (χ4n) is 1.09. The quantitative estimate of drug-likeness (QED) is 0.541. The van der Waals surface area contributed by atoms with Crippen molar-refractivity contribution < 1.29 is 4.39 Å². The second kappa shape index (κ2) is 3.51. The molecular weight excluding hydrogens is 139 g/mol. The Kier molecular flexibility index (Phi) is 2.64. The summed E-state index contributed by atoms with van der Waals surface area (Å²) >= 11 is 0. The van der Waals surface area contributed by atoms with Crippen LogP contribution in [0.15, 0.2) is 34.9 Å². The summed E-state index contributed by atoms with van der Waals surface area (Å²) < 4.78 is 12.2. The maximum Gasteiger partial charge on any atom is 0.114 e. The highest BCUT2D eigenvalue weighted by Gasteiger charge is 1.99. The fraction of sp³-hybridized carbons (Fsp3) is 0.400. The minimum absolute atomic E-state index is 0.349. The maximum atomic E-state index is 12.2. The molecule has 1 rings (SSSR count). The van der Waals surface area contributed by atoms with Crippen LogP contribution in [-0.2, 0) is 0 Å². The van der Waals surface area contributed by atoms with Crippen LogP contribution < -0.4 is 0 Å². The van der Waals surface area contributed by atoms with Gasteiger partial charge in [0.25, 0.3) is 0 Å². The first-order valence-corrected chi connectivity index (χ1v) is 3.84. The van der Waals surface area contributed by atoms with Crippen LogP contribution in [0.2, 0.25) is 0 Å². The lowest BCUT2D eigenvalue weighted by atomic mass is 10.1. The zero-order chi connectivity index (χ0) is 8.27. The van der Waals surface area contributed by atoms with E-state index in [9.17, 15) is 4.39 Å². The Morgan fingerprint density at radius 2 is 2.00 bits per heavy atom. The molecular formula is C10H13F. The molecule has 0 amide bonds. The van der Waals surface area contributed by atoms with Crippen molar-refractivity contribution >= 4 is 0 Å². The van der Waals surface area contributed by atoms with Gasteiger partial charge in [0.15, 0.2) is 0 Å². The molecule has 1 heteroatoms. The van der Waals surface area contributed by atoms with Crippen molar-refractivity contribution in [1.82, 2.24) is 0 Å². The zero-order valence-electron chi connectivity index (χ0n) is 7.02. The van der Waals surface area contributed by atoms with Crippen molar-refractivity contribution in [3.05, 3.63) is 34.9 Å². The van der Waals surface area contributed by atoms with Crippen LogP contribution in [0.5, 0.6) is 0 Å². The minimum Gasteiger partial charge on any atom is -0.246 e. The van der Waals surface area contributed by atoms with E-state index in [0.29, 0.717) is 0 Å². The number of hydrogen-bond donors (Lipinski definition) is 0. The van der Waals surface area contributed by atoms with E-state index in [0.717, 1.165) is 12.0 Å². The van der Waals surface area contributed by atoms with Crippen LogP contribution in [-0.4, -0.2) is 6.67 Å². The smallest absolute Gasteiger partial charge is 0.114 e. The average molecular weight is 152 g/mol. The molecule has 0 N–H and O–H groups in total. The van der Waals surface area contributed by atoms with Crippen LogP contribution >= 0.6 is 0 Å². The highest BCUT2D eigenvalue weighted by Crippen LogP contribution is 2.17. The molecule has 60 valence electrons. The number of halogens is 1. The first-order valence-electron chi connectivity index (χ1n) is 3.84. The SMILES string of the molecule is CC1=CCC=C(CF)C=C1C. The lowest BCUT2D eigenvalue weighted by Gasteiger charge is -1.97. The van der Waals surface area contributed by atoms with Gasteiger partial charge in [0, 0.05) is 0 Å². The van der Waals surface area contributed by atoms with Crippen molar-refractivity contribution in [1.29, 1.82) is 0 Å². The summed E-state index contributed by atoms with van der Waals surface area (Å²) in [6.45, 7) is 3.72. The molecule has 0 aromatic heterocycles. The van der Waals surface area contributed by atoms with Gasteiger partial charge in [0.2, 0.25) is 0 Å². The molecule has 0 nitrogen and oxygen atoms in total. The molecule has 0 heterocycles. The van der Waals surface area contributed by atoms with Gasteiger partial charge >= 0.3 is 0 Å². The Hall–Kier alpha value is -0.850. The Labute approximate surface area is 67.1 Å². The summed E-state index contributed by atoms with van der Waals surface area (Å²) in [5, 5.41) is 0. The maximum absolute atomic E-state index is 12.2. The molecule has 1 aliphatic carbocycles. The van der Waals surface area contributed by atoms with Crippen molar-refractivity contribution in [3.8, 4) is 0 Å². The summed E-state index contributed by atoms with van der Waals surface area (Å²) in [5.74, 6) is 0. The van der Waals surface area contributed by atoms with Gasteiger partial charge in [-0.3, -0.25) is 0 Å². The molecule has 11 heavy (non-hydrogen) atoms. The molecule has 0 aromatic carbocycles. The Bertz CT molecular complexity index is 231. The Balaban J connectivity index is 2.87. The second-order valence-electron chi connectivity index (χ2n) is 2.86. The zero-order valence-corrected chi connectivity index (χ0v) is 7.02. The number of hydrogen-bond acceptors (Lipinski definition) is 0. The lowest BCUT2D eigenvalue weighted by Crippen LogP contribution is -1.81. The predicted octanol–water partition coefficient (Wildman–Crippen LogP) is 3.18.